The van der Waals surface area contributed by atoms with Gasteiger partial charge in [-0.2, -0.15) is 0 Å². The Balaban J connectivity index is 1.67. The van der Waals surface area contributed by atoms with Crippen LogP contribution in [0.2, 0.25) is 0 Å². The third-order valence-electron chi connectivity index (χ3n) is 3.94. The second-order valence-electron chi connectivity index (χ2n) is 5.47. The second kappa shape index (κ2) is 6.72. The molecule has 21 heavy (non-hydrogen) atoms. The van der Waals surface area contributed by atoms with E-state index in [0.29, 0.717) is 24.2 Å². The molecule has 3 rings (SSSR count). The molecular formula is C16H22N4O. The van der Waals surface area contributed by atoms with Crippen molar-refractivity contribution in [2.75, 3.05) is 32.1 Å². The van der Waals surface area contributed by atoms with Crippen LogP contribution in [0.3, 0.4) is 0 Å². The largest absolute Gasteiger partial charge is 0.475 e. The smallest absolute Gasteiger partial charge is 0.258 e. The van der Waals surface area contributed by atoms with Crippen molar-refractivity contribution in [1.82, 2.24) is 15.3 Å². The molecule has 0 unspecified atom stereocenters. The van der Waals surface area contributed by atoms with Gasteiger partial charge in [0, 0.05) is 7.05 Å². The lowest BCUT2D eigenvalue weighted by molar-refractivity contribution is 0.248. The Bertz CT molecular complexity index is 596. The lowest BCUT2D eigenvalue weighted by Crippen LogP contribution is -2.30. The van der Waals surface area contributed by atoms with Crippen molar-refractivity contribution in [1.29, 1.82) is 0 Å². The predicted octanol–water partition coefficient (Wildman–Crippen LogP) is 2.44. The van der Waals surface area contributed by atoms with Gasteiger partial charge in [0.05, 0.1) is 17.6 Å². The standard InChI is InChI=1S/C16H22N4O/c1-17-15-16(20-14-7-3-2-6-13(14)19-15)21-10-8-12-5-4-9-18-11-12/h2-3,6-7,12,18H,4-5,8-11H2,1H3,(H,17,19)/t12-/m0/s1. The van der Waals surface area contributed by atoms with E-state index in [1.807, 2.05) is 31.3 Å². The van der Waals surface area contributed by atoms with E-state index >= 15 is 0 Å². The number of rotatable bonds is 5. The van der Waals surface area contributed by atoms with Crippen LogP contribution >= 0.6 is 0 Å². The minimum Gasteiger partial charge on any atom is -0.475 e. The van der Waals surface area contributed by atoms with Crippen LogP contribution in [0.25, 0.3) is 11.0 Å². The fourth-order valence-corrected chi connectivity index (χ4v) is 2.74. The van der Waals surface area contributed by atoms with Gasteiger partial charge >= 0.3 is 0 Å². The molecule has 0 saturated carbocycles. The van der Waals surface area contributed by atoms with Crippen LogP contribution in [0.15, 0.2) is 24.3 Å². The monoisotopic (exact) mass is 286 g/mol. The predicted molar refractivity (Wildman–Crippen MR) is 84.8 cm³/mol. The number of fused-ring (bicyclic) bond motifs is 1. The summed E-state index contributed by atoms with van der Waals surface area (Å²) in [6.45, 7) is 2.94. The number of aromatic nitrogens is 2. The van der Waals surface area contributed by atoms with Crippen LogP contribution in [0.1, 0.15) is 19.3 Å². The Hall–Kier alpha value is -1.88. The summed E-state index contributed by atoms with van der Waals surface area (Å²) >= 11 is 0. The normalized spacial score (nSPS) is 18.6. The SMILES string of the molecule is CNc1nc2ccccc2nc1OCC[C@@H]1CCCNC1. The minimum absolute atomic E-state index is 0.597. The average molecular weight is 286 g/mol. The molecule has 0 aliphatic carbocycles. The first-order valence-corrected chi connectivity index (χ1v) is 7.65. The molecule has 0 amide bonds. The Morgan fingerprint density at radius 2 is 2.10 bits per heavy atom. The summed E-state index contributed by atoms with van der Waals surface area (Å²) in [4.78, 5) is 9.11. The topological polar surface area (TPSA) is 59.1 Å². The lowest BCUT2D eigenvalue weighted by atomic mass is 9.97. The van der Waals surface area contributed by atoms with Crippen LogP contribution in [-0.2, 0) is 0 Å². The van der Waals surface area contributed by atoms with E-state index in [9.17, 15) is 0 Å². The molecule has 1 aromatic heterocycles. The lowest BCUT2D eigenvalue weighted by Gasteiger charge is -2.22. The molecule has 1 atom stereocenters. The average Bonchev–Trinajstić information content (AvgIpc) is 2.55. The number of para-hydroxylation sites is 2. The first-order valence-electron chi connectivity index (χ1n) is 7.65. The number of piperidine rings is 1. The number of ether oxygens (including phenoxy) is 1. The molecule has 2 aromatic rings. The summed E-state index contributed by atoms with van der Waals surface area (Å²) < 4.78 is 5.87. The van der Waals surface area contributed by atoms with E-state index in [4.69, 9.17) is 4.74 Å². The molecular weight excluding hydrogens is 264 g/mol. The highest BCUT2D eigenvalue weighted by Crippen LogP contribution is 2.23. The van der Waals surface area contributed by atoms with Crippen LogP contribution < -0.4 is 15.4 Å². The van der Waals surface area contributed by atoms with Crippen molar-refractivity contribution in [3.63, 3.8) is 0 Å². The maximum Gasteiger partial charge on any atom is 0.258 e. The first kappa shape index (κ1) is 14.1. The maximum atomic E-state index is 5.87. The summed E-state index contributed by atoms with van der Waals surface area (Å²) in [5, 5.41) is 6.50. The first-order chi connectivity index (χ1) is 10.4. The molecule has 112 valence electrons. The zero-order chi connectivity index (χ0) is 14.5. The van der Waals surface area contributed by atoms with E-state index in [-0.39, 0.29) is 0 Å². The van der Waals surface area contributed by atoms with Gasteiger partial charge in [-0.25, -0.2) is 9.97 Å². The summed E-state index contributed by atoms with van der Waals surface area (Å²) in [6, 6.07) is 7.85. The fourth-order valence-electron chi connectivity index (χ4n) is 2.74. The van der Waals surface area contributed by atoms with Gasteiger partial charge in [-0.3, -0.25) is 0 Å². The molecule has 2 N–H and O–H groups in total. The molecule has 5 heteroatoms. The van der Waals surface area contributed by atoms with E-state index in [2.05, 4.69) is 20.6 Å². The highest BCUT2D eigenvalue weighted by atomic mass is 16.5. The van der Waals surface area contributed by atoms with Crippen molar-refractivity contribution in [2.45, 2.75) is 19.3 Å². The van der Waals surface area contributed by atoms with Gasteiger partial charge in [0.1, 0.15) is 0 Å². The Morgan fingerprint density at radius 3 is 2.81 bits per heavy atom. The number of hydrogen-bond acceptors (Lipinski definition) is 5. The number of nitrogens with zero attached hydrogens (tertiary/aromatic N) is 2. The van der Waals surface area contributed by atoms with E-state index < -0.39 is 0 Å². The zero-order valence-electron chi connectivity index (χ0n) is 12.4. The Labute approximate surface area is 125 Å². The second-order valence-corrected chi connectivity index (χ2v) is 5.47. The maximum absolute atomic E-state index is 5.87. The number of nitrogens with one attached hydrogen (secondary N) is 2. The van der Waals surface area contributed by atoms with Gasteiger partial charge in [-0.1, -0.05) is 12.1 Å². The van der Waals surface area contributed by atoms with Crippen molar-refractivity contribution < 1.29 is 4.74 Å². The number of hydrogen-bond donors (Lipinski definition) is 2. The van der Waals surface area contributed by atoms with Crippen LogP contribution in [0, 0.1) is 5.92 Å². The third-order valence-corrected chi connectivity index (χ3v) is 3.94. The summed E-state index contributed by atoms with van der Waals surface area (Å²) in [5.74, 6) is 2.01. The van der Waals surface area contributed by atoms with Crippen molar-refractivity contribution in [2.24, 2.45) is 5.92 Å². The molecule has 0 bridgehead atoms. The molecule has 1 aliphatic heterocycles. The van der Waals surface area contributed by atoms with E-state index in [1.54, 1.807) is 0 Å². The Morgan fingerprint density at radius 1 is 1.29 bits per heavy atom. The molecule has 1 saturated heterocycles. The molecule has 1 fully saturated rings. The minimum atomic E-state index is 0.597. The van der Waals surface area contributed by atoms with Gasteiger partial charge in [0.2, 0.25) is 0 Å². The molecule has 0 radical (unpaired) electrons. The molecule has 1 aliphatic rings. The molecule has 0 spiro atoms. The highest BCUT2D eigenvalue weighted by Gasteiger charge is 2.14. The Kier molecular flexibility index (Phi) is 4.50. The number of benzene rings is 1. The number of anilines is 1. The van der Waals surface area contributed by atoms with Gasteiger partial charge in [-0.05, 0) is 50.4 Å². The summed E-state index contributed by atoms with van der Waals surface area (Å²) in [5.41, 5.74) is 1.75. The van der Waals surface area contributed by atoms with E-state index in [1.165, 1.54) is 12.8 Å². The van der Waals surface area contributed by atoms with Gasteiger partial charge in [0.15, 0.2) is 5.82 Å². The summed E-state index contributed by atoms with van der Waals surface area (Å²) in [6.07, 6.45) is 3.62. The fraction of sp³-hybridized carbons (Fsp3) is 0.500. The molecule has 5 nitrogen and oxygen atoms in total. The third kappa shape index (κ3) is 3.42. The molecule has 1 aromatic carbocycles. The summed E-state index contributed by atoms with van der Waals surface area (Å²) in [7, 11) is 1.84. The van der Waals surface area contributed by atoms with Gasteiger partial charge in [-0.15, -0.1) is 0 Å². The quantitative estimate of drug-likeness (QED) is 0.884. The van der Waals surface area contributed by atoms with Crippen LogP contribution in [0.4, 0.5) is 5.82 Å². The van der Waals surface area contributed by atoms with Gasteiger partial charge in [0.25, 0.3) is 5.88 Å². The van der Waals surface area contributed by atoms with Crippen LogP contribution in [0.5, 0.6) is 5.88 Å². The van der Waals surface area contributed by atoms with Crippen molar-refractivity contribution >= 4 is 16.9 Å². The van der Waals surface area contributed by atoms with Crippen molar-refractivity contribution in [3.8, 4) is 5.88 Å². The van der Waals surface area contributed by atoms with Gasteiger partial charge < -0.3 is 15.4 Å². The zero-order valence-corrected chi connectivity index (χ0v) is 12.4. The van der Waals surface area contributed by atoms with Crippen molar-refractivity contribution in [3.05, 3.63) is 24.3 Å². The van der Waals surface area contributed by atoms with E-state index in [0.717, 1.165) is 30.5 Å². The molecule has 2 heterocycles. The van der Waals surface area contributed by atoms with Crippen LogP contribution in [-0.4, -0.2) is 36.7 Å². The highest BCUT2D eigenvalue weighted by molar-refractivity contribution is 5.77.